The highest BCUT2D eigenvalue weighted by molar-refractivity contribution is 7.86. The molecule has 1 aromatic rings. The number of carbonyl (C=O) groups is 2. The topological polar surface area (TPSA) is 97.7 Å². The number of hydrogen-bond acceptors (Lipinski definition) is 5. The number of rotatable bonds is 4. The van der Waals surface area contributed by atoms with E-state index < -0.39 is 32.9 Å². The van der Waals surface area contributed by atoms with Crippen LogP contribution in [0.1, 0.15) is 30.6 Å². The van der Waals surface area contributed by atoms with E-state index >= 15 is 0 Å². The van der Waals surface area contributed by atoms with Gasteiger partial charge in [-0.3, -0.25) is 9.35 Å². The SMILES string of the molecule is CCC(C)C(=O)OC(=O)c1ccccc1S(=O)(=O)O. The largest absolute Gasteiger partial charge is 0.389 e. The normalized spacial score (nSPS) is 12.8. The van der Waals surface area contributed by atoms with Crippen molar-refractivity contribution in [1.29, 1.82) is 0 Å². The van der Waals surface area contributed by atoms with E-state index in [0.29, 0.717) is 6.42 Å². The van der Waals surface area contributed by atoms with Gasteiger partial charge in [-0.1, -0.05) is 26.0 Å². The predicted octanol–water partition coefficient (Wildman–Crippen LogP) is 1.66. The van der Waals surface area contributed by atoms with Gasteiger partial charge >= 0.3 is 11.9 Å². The van der Waals surface area contributed by atoms with Crippen molar-refractivity contribution in [2.24, 2.45) is 5.92 Å². The Morgan fingerprint density at radius 3 is 2.42 bits per heavy atom. The molecule has 0 spiro atoms. The summed E-state index contributed by atoms with van der Waals surface area (Å²) in [7, 11) is -4.55. The van der Waals surface area contributed by atoms with Crippen LogP contribution in [0.5, 0.6) is 0 Å². The summed E-state index contributed by atoms with van der Waals surface area (Å²) in [6.07, 6.45) is 0.492. The van der Waals surface area contributed by atoms with Crippen LogP contribution in [0.15, 0.2) is 29.2 Å². The highest BCUT2D eigenvalue weighted by atomic mass is 32.2. The average molecular weight is 286 g/mol. The van der Waals surface area contributed by atoms with Gasteiger partial charge in [0.25, 0.3) is 10.1 Å². The second-order valence-electron chi connectivity index (χ2n) is 3.99. The first kappa shape index (κ1) is 15.3. The number of esters is 2. The Kier molecular flexibility index (Phi) is 4.79. The molecule has 19 heavy (non-hydrogen) atoms. The van der Waals surface area contributed by atoms with Gasteiger partial charge in [0.2, 0.25) is 0 Å². The van der Waals surface area contributed by atoms with E-state index in [2.05, 4.69) is 4.74 Å². The lowest BCUT2D eigenvalue weighted by Crippen LogP contribution is -2.20. The molecule has 0 amide bonds. The fourth-order valence-electron chi connectivity index (χ4n) is 1.27. The van der Waals surface area contributed by atoms with Gasteiger partial charge in [0.1, 0.15) is 4.90 Å². The highest BCUT2D eigenvalue weighted by Crippen LogP contribution is 2.17. The molecule has 6 nitrogen and oxygen atoms in total. The first-order chi connectivity index (χ1) is 8.77. The molecule has 0 bridgehead atoms. The Morgan fingerprint density at radius 1 is 1.32 bits per heavy atom. The Bertz CT molecular complexity index is 590. The maximum absolute atomic E-state index is 11.7. The molecule has 1 aromatic carbocycles. The van der Waals surface area contributed by atoms with Crippen LogP contribution in [0.25, 0.3) is 0 Å². The van der Waals surface area contributed by atoms with Crippen LogP contribution in [-0.2, 0) is 19.6 Å². The molecule has 1 unspecified atom stereocenters. The van der Waals surface area contributed by atoms with Crippen molar-refractivity contribution in [1.82, 2.24) is 0 Å². The fourth-order valence-corrected chi connectivity index (χ4v) is 1.95. The summed E-state index contributed by atoms with van der Waals surface area (Å²) in [5, 5.41) is 0. The fraction of sp³-hybridized carbons (Fsp3) is 0.333. The van der Waals surface area contributed by atoms with E-state index in [-0.39, 0.29) is 5.56 Å². The highest BCUT2D eigenvalue weighted by Gasteiger charge is 2.24. The van der Waals surface area contributed by atoms with Crippen molar-refractivity contribution in [2.75, 3.05) is 0 Å². The molecule has 0 aliphatic rings. The van der Waals surface area contributed by atoms with Crippen LogP contribution in [0.2, 0.25) is 0 Å². The maximum atomic E-state index is 11.7. The van der Waals surface area contributed by atoms with Gasteiger partial charge < -0.3 is 4.74 Å². The van der Waals surface area contributed by atoms with Crippen molar-refractivity contribution < 1.29 is 27.3 Å². The quantitative estimate of drug-likeness (QED) is 0.513. The summed E-state index contributed by atoms with van der Waals surface area (Å²) >= 11 is 0. The summed E-state index contributed by atoms with van der Waals surface area (Å²) in [5.41, 5.74) is -0.373. The first-order valence-electron chi connectivity index (χ1n) is 5.60. The molecule has 0 aliphatic carbocycles. The van der Waals surface area contributed by atoms with Crippen LogP contribution in [0, 0.1) is 5.92 Å². The van der Waals surface area contributed by atoms with Crippen molar-refractivity contribution in [3.63, 3.8) is 0 Å². The molecule has 0 aromatic heterocycles. The zero-order chi connectivity index (χ0) is 14.6. The maximum Gasteiger partial charge on any atom is 0.347 e. The number of carbonyl (C=O) groups excluding carboxylic acids is 2. The Labute approximate surface area is 111 Å². The summed E-state index contributed by atoms with van der Waals surface area (Å²) in [4.78, 5) is 22.6. The van der Waals surface area contributed by atoms with Gasteiger partial charge in [0.05, 0.1) is 11.5 Å². The van der Waals surface area contributed by atoms with Crippen LogP contribution < -0.4 is 0 Å². The van der Waals surface area contributed by atoms with E-state index in [1.807, 2.05) is 0 Å². The third kappa shape index (κ3) is 3.87. The summed E-state index contributed by atoms with van der Waals surface area (Å²) in [6, 6.07) is 4.96. The molecule has 7 heteroatoms. The molecule has 0 aliphatic heterocycles. The van der Waals surface area contributed by atoms with Gasteiger partial charge in [-0.25, -0.2) is 4.79 Å². The number of ether oxygens (including phenoxy) is 1. The van der Waals surface area contributed by atoms with E-state index in [9.17, 15) is 18.0 Å². The van der Waals surface area contributed by atoms with Crippen LogP contribution >= 0.6 is 0 Å². The van der Waals surface area contributed by atoms with E-state index in [0.717, 1.165) is 12.1 Å². The molecule has 104 valence electrons. The summed E-state index contributed by atoms with van der Waals surface area (Å²) < 4.78 is 35.8. The zero-order valence-electron chi connectivity index (χ0n) is 10.5. The van der Waals surface area contributed by atoms with Gasteiger partial charge in [0, 0.05) is 0 Å². The van der Waals surface area contributed by atoms with E-state index in [1.165, 1.54) is 12.1 Å². The molecular formula is C12H14O6S. The van der Waals surface area contributed by atoms with Crippen molar-refractivity contribution in [2.45, 2.75) is 25.2 Å². The first-order valence-corrected chi connectivity index (χ1v) is 7.04. The predicted molar refractivity (Wildman–Crippen MR) is 66.1 cm³/mol. The van der Waals surface area contributed by atoms with Crippen LogP contribution in [0.4, 0.5) is 0 Å². The third-order valence-electron chi connectivity index (χ3n) is 2.59. The summed E-state index contributed by atoms with van der Waals surface area (Å²) in [6.45, 7) is 3.34. The van der Waals surface area contributed by atoms with Crippen molar-refractivity contribution in [3.05, 3.63) is 29.8 Å². The van der Waals surface area contributed by atoms with Crippen LogP contribution in [0.3, 0.4) is 0 Å². The molecule has 0 radical (unpaired) electrons. The lowest BCUT2D eigenvalue weighted by atomic mass is 10.1. The average Bonchev–Trinajstić information content (AvgIpc) is 2.36. The minimum Gasteiger partial charge on any atom is -0.389 e. The molecule has 0 saturated carbocycles. The summed E-state index contributed by atoms with van der Waals surface area (Å²) in [5.74, 6) is -2.31. The molecule has 0 saturated heterocycles. The smallest absolute Gasteiger partial charge is 0.347 e. The van der Waals surface area contributed by atoms with Gasteiger partial charge in [-0.15, -0.1) is 0 Å². The lowest BCUT2D eigenvalue weighted by molar-refractivity contribution is -0.142. The van der Waals surface area contributed by atoms with Gasteiger partial charge in [-0.2, -0.15) is 8.42 Å². The van der Waals surface area contributed by atoms with E-state index in [1.54, 1.807) is 13.8 Å². The van der Waals surface area contributed by atoms with Gasteiger partial charge in [-0.05, 0) is 18.6 Å². The molecule has 0 fully saturated rings. The molecule has 1 atom stereocenters. The van der Waals surface area contributed by atoms with Crippen molar-refractivity contribution >= 4 is 22.1 Å². The Morgan fingerprint density at radius 2 is 1.89 bits per heavy atom. The van der Waals surface area contributed by atoms with Crippen molar-refractivity contribution in [3.8, 4) is 0 Å². The molecular weight excluding hydrogens is 272 g/mol. The monoisotopic (exact) mass is 286 g/mol. The lowest BCUT2D eigenvalue weighted by Gasteiger charge is -2.09. The Hall–Kier alpha value is -1.73. The molecule has 0 heterocycles. The zero-order valence-corrected chi connectivity index (χ0v) is 11.3. The number of benzene rings is 1. The Balaban J connectivity index is 3.05. The van der Waals surface area contributed by atoms with Crippen LogP contribution in [-0.4, -0.2) is 24.9 Å². The second kappa shape index (κ2) is 5.94. The standard InChI is InChI=1S/C12H14O6S/c1-3-8(2)11(13)18-12(14)9-6-4-5-7-10(9)19(15,16)17/h4-8H,3H2,1-2H3,(H,15,16,17). The second-order valence-corrected chi connectivity index (χ2v) is 5.38. The minimum absolute atomic E-state index is 0.373. The minimum atomic E-state index is -4.55. The number of hydrogen-bond donors (Lipinski definition) is 1. The van der Waals surface area contributed by atoms with Gasteiger partial charge in [0.15, 0.2) is 0 Å². The third-order valence-corrected chi connectivity index (χ3v) is 3.50. The molecule has 1 rings (SSSR count). The molecule has 1 N–H and O–H groups in total. The van der Waals surface area contributed by atoms with E-state index in [4.69, 9.17) is 4.55 Å².